The first-order valence-corrected chi connectivity index (χ1v) is 7.89. The number of likely N-dealkylation sites (N-methyl/N-ethyl adjacent to an activating group) is 1. The van der Waals surface area contributed by atoms with Gasteiger partial charge in [0.15, 0.2) is 0 Å². The maximum atomic E-state index is 12.3. The van der Waals surface area contributed by atoms with Gasteiger partial charge in [-0.15, -0.1) is 0 Å². The first-order chi connectivity index (χ1) is 12.0. The number of anilines is 1. The van der Waals surface area contributed by atoms with Crippen LogP contribution < -0.4 is 19.5 Å². The molecule has 0 fully saturated rings. The number of methoxy groups -OCH3 is 3. The summed E-state index contributed by atoms with van der Waals surface area (Å²) in [4.78, 5) is 14.2. The monoisotopic (exact) mass is 344 g/mol. The second kappa shape index (κ2) is 8.94. The number of carbonyl (C=O) groups excluding carboxylic acids is 1. The van der Waals surface area contributed by atoms with Crippen LogP contribution in [0.1, 0.15) is 5.56 Å². The summed E-state index contributed by atoms with van der Waals surface area (Å²) in [6.07, 6.45) is 0. The third-order valence-electron chi connectivity index (χ3n) is 3.68. The average Bonchev–Trinajstić information content (AvgIpc) is 2.61. The highest BCUT2D eigenvalue weighted by Crippen LogP contribution is 2.28. The minimum Gasteiger partial charge on any atom is -0.497 e. The molecule has 0 aliphatic heterocycles. The van der Waals surface area contributed by atoms with E-state index >= 15 is 0 Å². The number of hydrogen-bond donors (Lipinski definition) is 1. The van der Waals surface area contributed by atoms with E-state index < -0.39 is 0 Å². The molecule has 0 radical (unpaired) electrons. The lowest BCUT2D eigenvalue weighted by atomic mass is 10.2. The number of ether oxygens (including phenoxy) is 3. The van der Waals surface area contributed by atoms with E-state index in [4.69, 9.17) is 14.2 Å². The molecule has 0 heterocycles. The van der Waals surface area contributed by atoms with Crippen molar-refractivity contribution in [1.82, 2.24) is 4.90 Å². The van der Waals surface area contributed by atoms with Gasteiger partial charge in [0, 0.05) is 12.6 Å². The Morgan fingerprint density at radius 3 is 2.40 bits per heavy atom. The molecule has 0 unspecified atom stereocenters. The van der Waals surface area contributed by atoms with Crippen molar-refractivity contribution in [1.29, 1.82) is 0 Å². The fourth-order valence-electron chi connectivity index (χ4n) is 2.48. The Labute approximate surface area is 148 Å². The number of nitrogens with zero attached hydrogens (tertiary/aromatic N) is 1. The van der Waals surface area contributed by atoms with E-state index in [9.17, 15) is 4.79 Å². The van der Waals surface area contributed by atoms with Gasteiger partial charge in [-0.1, -0.05) is 12.1 Å². The van der Waals surface area contributed by atoms with Gasteiger partial charge in [-0.25, -0.2) is 0 Å². The summed E-state index contributed by atoms with van der Waals surface area (Å²) in [6.45, 7) is 0.900. The zero-order valence-electron chi connectivity index (χ0n) is 15.0. The van der Waals surface area contributed by atoms with E-state index in [1.165, 1.54) is 0 Å². The number of amides is 1. The van der Waals surface area contributed by atoms with Crippen LogP contribution in [0.5, 0.6) is 17.2 Å². The molecule has 25 heavy (non-hydrogen) atoms. The molecule has 2 aromatic carbocycles. The predicted molar refractivity (Wildman–Crippen MR) is 97.5 cm³/mol. The van der Waals surface area contributed by atoms with Crippen molar-refractivity contribution in [2.75, 3.05) is 40.2 Å². The van der Waals surface area contributed by atoms with Crippen molar-refractivity contribution in [3.63, 3.8) is 0 Å². The number of carbonyl (C=O) groups is 1. The van der Waals surface area contributed by atoms with Gasteiger partial charge < -0.3 is 19.5 Å². The highest BCUT2D eigenvalue weighted by molar-refractivity contribution is 5.93. The molecule has 0 spiro atoms. The second-order valence-electron chi connectivity index (χ2n) is 5.64. The van der Waals surface area contributed by atoms with Crippen LogP contribution in [0.2, 0.25) is 0 Å². The van der Waals surface area contributed by atoms with E-state index in [0.717, 1.165) is 11.3 Å². The van der Waals surface area contributed by atoms with Crippen molar-refractivity contribution in [2.45, 2.75) is 6.54 Å². The first kappa shape index (κ1) is 18.6. The summed E-state index contributed by atoms with van der Waals surface area (Å²) in [5.74, 6) is 1.92. The molecule has 0 atom stereocenters. The fourth-order valence-corrected chi connectivity index (χ4v) is 2.48. The maximum Gasteiger partial charge on any atom is 0.238 e. The van der Waals surface area contributed by atoms with Gasteiger partial charge in [-0.2, -0.15) is 0 Å². The number of nitrogens with one attached hydrogen (secondary N) is 1. The zero-order chi connectivity index (χ0) is 18.2. The number of hydrogen-bond acceptors (Lipinski definition) is 5. The quantitative estimate of drug-likeness (QED) is 0.798. The van der Waals surface area contributed by atoms with Gasteiger partial charge in [-0.05, 0) is 36.9 Å². The molecule has 1 N–H and O–H groups in total. The molecule has 6 nitrogen and oxygen atoms in total. The standard InChI is InChI=1S/C19H24N2O4/c1-21(12-14-6-5-7-15(10-14)23-2)13-19(22)20-17-9-8-16(24-3)11-18(17)25-4/h5-11H,12-13H2,1-4H3,(H,20,22). The molecule has 2 rings (SSSR count). The van der Waals surface area contributed by atoms with Gasteiger partial charge in [0.1, 0.15) is 17.2 Å². The number of benzene rings is 2. The molecule has 0 saturated carbocycles. The van der Waals surface area contributed by atoms with E-state index in [2.05, 4.69) is 5.32 Å². The third kappa shape index (κ3) is 5.39. The van der Waals surface area contributed by atoms with E-state index in [1.54, 1.807) is 39.5 Å². The Hall–Kier alpha value is -2.73. The minimum atomic E-state index is -0.117. The molecule has 134 valence electrons. The molecular formula is C19H24N2O4. The van der Waals surface area contributed by atoms with Crippen LogP contribution in [0.3, 0.4) is 0 Å². The van der Waals surface area contributed by atoms with Crippen molar-refractivity contribution >= 4 is 11.6 Å². The van der Waals surface area contributed by atoms with Gasteiger partial charge in [0.25, 0.3) is 0 Å². The van der Waals surface area contributed by atoms with Crippen LogP contribution in [0.4, 0.5) is 5.69 Å². The van der Waals surface area contributed by atoms with Gasteiger partial charge >= 0.3 is 0 Å². The maximum absolute atomic E-state index is 12.3. The first-order valence-electron chi connectivity index (χ1n) is 7.89. The predicted octanol–water partition coefficient (Wildman–Crippen LogP) is 2.78. The molecule has 0 aliphatic rings. The topological polar surface area (TPSA) is 60.0 Å². The SMILES string of the molecule is COc1cccc(CN(C)CC(=O)Nc2ccc(OC)cc2OC)c1. The van der Waals surface area contributed by atoms with Crippen LogP contribution >= 0.6 is 0 Å². The molecule has 0 aliphatic carbocycles. The summed E-state index contributed by atoms with van der Waals surface area (Å²) in [7, 11) is 6.67. The average molecular weight is 344 g/mol. The summed E-state index contributed by atoms with van der Waals surface area (Å²) in [5, 5.41) is 2.87. The molecular weight excluding hydrogens is 320 g/mol. The summed E-state index contributed by atoms with van der Waals surface area (Å²) >= 11 is 0. The Morgan fingerprint density at radius 2 is 1.72 bits per heavy atom. The lowest BCUT2D eigenvalue weighted by Crippen LogP contribution is -2.29. The van der Waals surface area contributed by atoms with Crippen molar-refractivity contribution in [2.24, 2.45) is 0 Å². The summed E-state index contributed by atoms with van der Waals surface area (Å²) in [5.41, 5.74) is 1.69. The van der Waals surface area contributed by atoms with Crippen molar-refractivity contribution in [3.8, 4) is 17.2 Å². The molecule has 2 aromatic rings. The van der Waals surface area contributed by atoms with E-state index in [-0.39, 0.29) is 12.5 Å². The molecule has 0 bridgehead atoms. The number of rotatable bonds is 8. The van der Waals surface area contributed by atoms with Gasteiger partial charge in [0.05, 0.1) is 33.6 Å². The van der Waals surface area contributed by atoms with E-state index in [0.29, 0.717) is 23.7 Å². The Balaban J connectivity index is 1.95. The normalized spacial score (nSPS) is 10.4. The Morgan fingerprint density at radius 1 is 1.00 bits per heavy atom. The third-order valence-corrected chi connectivity index (χ3v) is 3.68. The minimum absolute atomic E-state index is 0.117. The molecule has 0 aromatic heterocycles. The Bertz CT molecular complexity index is 718. The Kier molecular flexibility index (Phi) is 6.65. The van der Waals surface area contributed by atoms with Crippen molar-refractivity contribution in [3.05, 3.63) is 48.0 Å². The van der Waals surface area contributed by atoms with Gasteiger partial charge in [-0.3, -0.25) is 9.69 Å². The van der Waals surface area contributed by atoms with Crippen LogP contribution in [0, 0.1) is 0 Å². The van der Waals surface area contributed by atoms with Crippen LogP contribution in [-0.4, -0.2) is 45.7 Å². The highest BCUT2D eigenvalue weighted by Gasteiger charge is 2.11. The summed E-state index contributed by atoms with van der Waals surface area (Å²) in [6, 6.07) is 13.1. The smallest absolute Gasteiger partial charge is 0.238 e. The van der Waals surface area contributed by atoms with Crippen LogP contribution in [0.25, 0.3) is 0 Å². The zero-order valence-corrected chi connectivity index (χ0v) is 15.0. The molecule has 1 amide bonds. The second-order valence-corrected chi connectivity index (χ2v) is 5.64. The lowest BCUT2D eigenvalue weighted by Gasteiger charge is -2.17. The van der Waals surface area contributed by atoms with E-state index in [1.807, 2.05) is 36.2 Å². The van der Waals surface area contributed by atoms with Gasteiger partial charge in [0.2, 0.25) is 5.91 Å². The highest BCUT2D eigenvalue weighted by atomic mass is 16.5. The summed E-state index contributed by atoms with van der Waals surface area (Å²) < 4.78 is 15.7. The van der Waals surface area contributed by atoms with Crippen LogP contribution in [0.15, 0.2) is 42.5 Å². The fraction of sp³-hybridized carbons (Fsp3) is 0.316. The lowest BCUT2D eigenvalue weighted by molar-refractivity contribution is -0.117. The largest absolute Gasteiger partial charge is 0.497 e. The van der Waals surface area contributed by atoms with Crippen molar-refractivity contribution < 1.29 is 19.0 Å². The molecule has 0 saturated heterocycles. The van der Waals surface area contributed by atoms with Crippen LogP contribution in [-0.2, 0) is 11.3 Å². The molecule has 6 heteroatoms.